The van der Waals surface area contributed by atoms with E-state index in [1.165, 1.54) is 30.9 Å². The Morgan fingerprint density at radius 2 is 1.84 bits per heavy atom. The predicted molar refractivity (Wildman–Crippen MR) is 100 cm³/mol. The van der Waals surface area contributed by atoms with Crippen molar-refractivity contribution in [3.8, 4) is 0 Å². The molecular formula is C18H29N3O3S. The molecule has 0 radical (unpaired) electrons. The zero-order valence-corrected chi connectivity index (χ0v) is 16.6. The van der Waals surface area contributed by atoms with E-state index in [0.29, 0.717) is 29.6 Å². The minimum Gasteiger partial charge on any atom is -0.325 e. The molecule has 1 aromatic carbocycles. The molecule has 25 heavy (non-hydrogen) atoms. The fourth-order valence-electron chi connectivity index (χ4n) is 3.48. The van der Waals surface area contributed by atoms with Crippen molar-refractivity contribution in [1.82, 2.24) is 9.21 Å². The van der Waals surface area contributed by atoms with Crippen molar-refractivity contribution < 1.29 is 13.2 Å². The van der Waals surface area contributed by atoms with Crippen molar-refractivity contribution in [2.24, 2.45) is 11.8 Å². The Hall–Kier alpha value is -1.44. The molecule has 6 nitrogen and oxygen atoms in total. The molecule has 1 fully saturated rings. The number of nitrogens with zero attached hydrogens (tertiary/aromatic N) is 2. The molecule has 1 aromatic rings. The SMILES string of the molecule is Cc1ccc(NC(=O)CN2CC(C)CC(C)C2)cc1S(=O)(=O)N(C)C. The molecule has 1 aliphatic heterocycles. The summed E-state index contributed by atoms with van der Waals surface area (Å²) in [6, 6.07) is 4.99. The summed E-state index contributed by atoms with van der Waals surface area (Å²) in [5.41, 5.74) is 1.17. The van der Waals surface area contributed by atoms with Crippen molar-refractivity contribution in [3.63, 3.8) is 0 Å². The number of piperidine rings is 1. The van der Waals surface area contributed by atoms with Gasteiger partial charge in [-0.3, -0.25) is 9.69 Å². The fourth-order valence-corrected chi connectivity index (χ4v) is 4.62. The number of benzene rings is 1. The highest BCUT2D eigenvalue weighted by atomic mass is 32.2. The molecule has 1 N–H and O–H groups in total. The Morgan fingerprint density at radius 3 is 2.40 bits per heavy atom. The summed E-state index contributed by atoms with van der Waals surface area (Å²) in [7, 11) is -0.539. The van der Waals surface area contributed by atoms with Gasteiger partial charge in [-0.05, 0) is 42.9 Å². The molecule has 0 saturated carbocycles. The maximum absolute atomic E-state index is 12.4. The van der Waals surface area contributed by atoms with Gasteiger partial charge in [-0.1, -0.05) is 19.9 Å². The molecule has 2 atom stereocenters. The smallest absolute Gasteiger partial charge is 0.242 e. The largest absolute Gasteiger partial charge is 0.325 e. The molecule has 2 rings (SSSR count). The van der Waals surface area contributed by atoms with Crippen LogP contribution in [0.25, 0.3) is 0 Å². The third kappa shape index (κ3) is 5.03. The van der Waals surface area contributed by atoms with Crippen LogP contribution in [0, 0.1) is 18.8 Å². The second kappa shape index (κ2) is 7.85. The summed E-state index contributed by atoms with van der Waals surface area (Å²) in [4.78, 5) is 14.7. The van der Waals surface area contributed by atoms with E-state index in [-0.39, 0.29) is 10.8 Å². The van der Waals surface area contributed by atoms with Crippen molar-refractivity contribution in [2.75, 3.05) is 39.0 Å². The van der Waals surface area contributed by atoms with E-state index >= 15 is 0 Å². The number of carbonyl (C=O) groups excluding carboxylic acids is 1. The van der Waals surface area contributed by atoms with E-state index in [0.717, 1.165) is 13.1 Å². The summed E-state index contributed by atoms with van der Waals surface area (Å²) in [5.74, 6) is 1.07. The monoisotopic (exact) mass is 367 g/mol. The highest BCUT2D eigenvalue weighted by molar-refractivity contribution is 7.89. The van der Waals surface area contributed by atoms with Crippen molar-refractivity contribution in [3.05, 3.63) is 23.8 Å². The summed E-state index contributed by atoms with van der Waals surface area (Å²) in [5, 5.41) is 2.83. The van der Waals surface area contributed by atoms with Crippen LogP contribution in [0.15, 0.2) is 23.1 Å². The van der Waals surface area contributed by atoms with Gasteiger partial charge in [0.15, 0.2) is 0 Å². The number of carbonyl (C=O) groups is 1. The number of amides is 1. The lowest BCUT2D eigenvalue weighted by molar-refractivity contribution is -0.117. The first-order chi connectivity index (χ1) is 11.6. The van der Waals surface area contributed by atoms with Gasteiger partial charge in [0.05, 0.1) is 11.4 Å². The number of hydrogen-bond acceptors (Lipinski definition) is 4. The summed E-state index contributed by atoms with van der Waals surface area (Å²) < 4.78 is 25.9. The molecule has 0 spiro atoms. The molecule has 2 unspecified atom stereocenters. The van der Waals surface area contributed by atoms with Gasteiger partial charge in [0, 0.05) is 32.9 Å². The Balaban J connectivity index is 2.09. The highest BCUT2D eigenvalue weighted by Gasteiger charge is 2.24. The Kier molecular flexibility index (Phi) is 6.24. The molecule has 140 valence electrons. The van der Waals surface area contributed by atoms with Crippen LogP contribution in [0.4, 0.5) is 5.69 Å². The van der Waals surface area contributed by atoms with E-state index in [1.807, 2.05) is 0 Å². The number of nitrogens with one attached hydrogen (secondary N) is 1. The second-order valence-corrected chi connectivity index (χ2v) is 9.58. The summed E-state index contributed by atoms with van der Waals surface area (Å²) in [6.45, 7) is 8.34. The normalized spacial score (nSPS) is 22.2. The fraction of sp³-hybridized carbons (Fsp3) is 0.611. The second-order valence-electron chi connectivity index (χ2n) is 7.46. The molecule has 0 aromatic heterocycles. The van der Waals surface area contributed by atoms with Gasteiger partial charge in [-0.2, -0.15) is 0 Å². The van der Waals surface area contributed by atoms with Crippen LogP contribution >= 0.6 is 0 Å². The lowest BCUT2D eigenvalue weighted by atomic mass is 9.92. The number of aryl methyl sites for hydroxylation is 1. The quantitative estimate of drug-likeness (QED) is 0.866. The van der Waals surface area contributed by atoms with Gasteiger partial charge in [0.1, 0.15) is 0 Å². The van der Waals surface area contributed by atoms with Gasteiger partial charge in [0.25, 0.3) is 0 Å². The molecular weight excluding hydrogens is 338 g/mol. The maximum atomic E-state index is 12.4. The molecule has 7 heteroatoms. The Morgan fingerprint density at radius 1 is 1.24 bits per heavy atom. The number of likely N-dealkylation sites (tertiary alicyclic amines) is 1. The van der Waals surface area contributed by atoms with Crippen molar-refractivity contribution in [1.29, 1.82) is 0 Å². The van der Waals surface area contributed by atoms with Gasteiger partial charge >= 0.3 is 0 Å². The van der Waals surface area contributed by atoms with E-state index in [1.54, 1.807) is 19.1 Å². The molecule has 1 saturated heterocycles. The molecule has 1 heterocycles. The summed E-state index contributed by atoms with van der Waals surface area (Å²) >= 11 is 0. The number of sulfonamides is 1. The maximum Gasteiger partial charge on any atom is 0.242 e. The number of anilines is 1. The molecule has 1 amide bonds. The Bertz CT molecular complexity index is 721. The molecule has 0 bridgehead atoms. The first-order valence-electron chi connectivity index (χ1n) is 8.65. The Labute approximate surface area is 151 Å². The topological polar surface area (TPSA) is 69.7 Å². The summed E-state index contributed by atoms with van der Waals surface area (Å²) in [6.07, 6.45) is 1.20. The molecule has 0 aliphatic carbocycles. The zero-order chi connectivity index (χ0) is 18.8. The third-order valence-electron chi connectivity index (χ3n) is 4.54. The third-order valence-corrected chi connectivity index (χ3v) is 6.50. The van der Waals surface area contributed by atoms with Crippen LogP contribution in [0.3, 0.4) is 0 Å². The average Bonchev–Trinajstić information content (AvgIpc) is 2.47. The van der Waals surface area contributed by atoms with E-state index in [4.69, 9.17) is 0 Å². The van der Waals surface area contributed by atoms with E-state index < -0.39 is 10.0 Å². The minimum atomic E-state index is -3.54. The van der Waals surface area contributed by atoms with Crippen LogP contribution < -0.4 is 5.32 Å². The van der Waals surface area contributed by atoms with E-state index in [2.05, 4.69) is 24.1 Å². The van der Waals surface area contributed by atoms with Gasteiger partial charge in [-0.15, -0.1) is 0 Å². The zero-order valence-electron chi connectivity index (χ0n) is 15.7. The number of rotatable bonds is 5. The average molecular weight is 368 g/mol. The van der Waals surface area contributed by atoms with Crippen molar-refractivity contribution >= 4 is 21.6 Å². The van der Waals surface area contributed by atoms with Crippen molar-refractivity contribution in [2.45, 2.75) is 32.1 Å². The predicted octanol–water partition coefficient (Wildman–Crippen LogP) is 2.16. The van der Waals surface area contributed by atoms with Gasteiger partial charge in [0.2, 0.25) is 15.9 Å². The standard InChI is InChI=1S/C18H29N3O3S/c1-13-8-14(2)11-21(10-13)12-18(22)19-16-7-6-15(3)17(9-16)25(23,24)20(4)5/h6-7,9,13-14H,8,10-12H2,1-5H3,(H,19,22). The van der Waals surface area contributed by atoms with Crippen LogP contribution in [-0.2, 0) is 14.8 Å². The highest BCUT2D eigenvalue weighted by Crippen LogP contribution is 2.23. The molecule has 1 aliphatic rings. The lowest BCUT2D eigenvalue weighted by Gasteiger charge is -2.34. The van der Waals surface area contributed by atoms with Gasteiger partial charge in [-0.25, -0.2) is 12.7 Å². The van der Waals surface area contributed by atoms with Crippen LogP contribution in [0.2, 0.25) is 0 Å². The lowest BCUT2D eigenvalue weighted by Crippen LogP contribution is -2.42. The minimum absolute atomic E-state index is 0.113. The first kappa shape index (κ1) is 19.9. The number of hydrogen-bond donors (Lipinski definition) is 1. The van der Waals surface area contributed by atoms with Crippen LogP contribution in [0.1, 0.15) is 25.8 Å². The van der Waals surface area contributed by atoms with Crippen LogP contribution in [0.5, 0.6) is 0 Å². The van der Waals surface area contributed by atoms with Gasteiger partial charge < -0.3 is 5.32 Å². The van der Waals surface area contributed by atoms with Crippen LogP contribution in [-0.4, -0.2) is 57.3 Å². The van der Waals surface area contributed by atoms with E-state index in [9.17, 15) is 13.2 Å². The first-order valence-corrected chi connectivity index (χ1v) is 10.1.